The lowest BCUT2D eigenvalue weighted by Crippen LogP contribution is -2.42. The molecule has 7 nitrogen and oxygen atoms in total. The number of nitro benzene ring substituents is 1. The minimum atomic E-state index is -0.581. The van der Waals surface area contributed by atoms with E-state index in [2.05, 4.69) is 19.2 Å². The Balaban J connectivity index is 1.83. The van der Waals surface area contributed by atoms with E-state index in [0.717, 1.165) is 12.5 Å². The Kier molecular flexibility index (Phi) is 6.17. The van der Waals surface area contributed by atoms with Crippen LogP contribution in [0.25, 0.3) is 0 Å². The van der Waals surface area contributed by atoms with E-state index in [-0.39, 0.29) is 22.2 Å². The van der Waals surface area contributed by atoms with Crippen molar-refractivity contribution in [1.29, 1.82) is 0 Å². The maximum absolute atomic E-state index is 13.1. The van der Waals surface area contributed by atoms with Gasteiger partial charge in [0.2, 0.25) is 0 Å². The highest BCUT2D eigenvalue weighted by atomic mass is 35.5. The molecule has 0 radical (unpaired) electrons. The highest BCUT2D eigenvalue weighted by molar-refractivity contribution is 6.34. The minimum absolute atomic E-state index is 0.0285. The van der Waals surface area contributed by atoms with Crippen LogP contribution in [0.15, 0.2) is 42.5 Å². The summed E-state index contributed by atoms with van der Waals surface area (Å²) in [4.78, 5) is 37.9. The molecule has 0 bridgehead atoms. The third-order valence-corrected chi connectivity index (χ3v) is 5.28. The van der Waals surface area contributed by atoms with E-state index in [1.165, 1.54) is 12.1 Å². The fraction of sp³-hybridized carbons (Fsp3) is 0.333. The number of halogens is 1. The zero-order valence-electron chi connectivity index (χ0n) is 16.2. The number of carbonyl (C=O) groups is 2. The molecule has 2 unspecified atom stereocenters. The van der Waals surface area contributed by atoms with Gasteiger partial charge in [0.15, 0.2) is 0 Å². The average molecular weight is 416 g/mol. The summed E-state index contributed by atoms with van der Waals surface area (Å²) in [6.45, 7) is 5.61. The highest BCUT2D eigenvalue weighted by Gasteiger charge is 2.27. The number of nitrogens with one attached hydrogen (secondary N) is 1. The number of piperidine rings is 1. The maximum Gasteiger partial charge on any atom is 0.270 e. The standard InChI is InChI=1S/C21H22ClN3O4/c1-13-9-14(2)12-24(11-13)21(27)17-5-3-4-6-19(17)23-20(26)16-8-7-15(25(28)29)10-18(16)22/h3-8,10,13-14H,9,11-12H2,1-2H3,(H,23,26). The molecule has 1 fully saturated rings. The average Bonchev–Trinajstić information content (AvgIpc) is 2.66. The summed E-state index contributed by atoms with van der Waals surface area (Å²) in [5, 5.41) is 13.5. The second-order valence-corrected chi connectivity index (χ2v) is 7.98. The molecule has 1 aliphatic rings. The van der Waals surface area contributed by atoms with Gasteiger partial charge in [0.05, 0.1) is 26.8 Å². The van der Waals surface area contributed by atoms with Crippen molar-refractivity contribution < 1.29 is 14.5 Å². The number of likely N-dealkylation sites (tertiary alicyclic amines) is 1. The van der Waals surface area contributed by atoms with E-state index < -0.39 is 10.8 Å². The number of rotatable bonds is 4. The molecular formula is C21H22ClN3O4. The molecule has 2 amide bonds. The Morgan fingerprint density at radius 2 is 1.76 bits per heavy atom. The Labute approximate surface area is 173 Å². The van der Waals surface area contributed by atoms with E-state index in [1.807, 2.05) is 4.90 Å². The van der Waals surface area contributed by atoms with Gasteiger partial charge in [-0.05, 0) is 36.5 Å². The first kappa shape index (κ1) is 20.8. The number of amides is 2. The van der Waals surface area contributed by atoms with Crippen molar-refractivity contribution in [1.82, 2.24) is 4.90 Å². The molecule has 0 aromatic heterocycles. The highest BCUT2D eigenvalue weighted by Crippen LogP contribution is 2.27. The molecule has 1 N–H and O–H groups in total. The summed E-state index contributed by atoms with van der Waals surface area (Å²) < 4.78 is 0. The van der Waals surface area contributed by atoms with Crippen LogP contribution in [0.3, 0.4) is 0 Å². The number of para-hydroxylation sites is 1. The summed E-state index contributed by atoms with van der Waals surface area (Å²) in [5.74, 6) is 0.173. The van der Waals surface area contributed by atoms with Crippen LogP contribution in [0.2, 0.25) is 5.02 Å². The van der Waals surface area contributed by atoms with Gasteiger partial charge in [-0.25, -0.2) is 0 Å². The van der Waals surface area contributed by atoms with Crippen molar-refractivity contribution in [2.45, 2.75) is 20.3 Å². The normalized spacial score (nSPS) is 18.9. The van der Waals surface area contributed by atoms with Gasteiger partial charge in [-0.2, -0.15) is 0 Å². The van der Waals surface area contributed by atoms with Gasteiger partial charge in [-0.15, -0.1) is 0 Å². The molecule has 3 rings (SSSR count). The fourth-order valence-electron chi connectivity index (χ4n) is 3.77. The largest absolute Gasteiger partial charge is 0.338 e. The molecule has 2 atom stereocenters. The number of nitro groups is 1. The third-order valence-electron chi connectivity index (χ3n) is 4.97. The topological polar surface area (TPSA) is 92.6 Å². The van der Waals surface area contributed by atoms with E-state index in [1.54, 1.807) is 24.3 Å². The predicted molar refractivity (Wildman–Crippen MR) is 111 cm³/mol. The smallest absolute Gasteiger partial charge is 0.270 e. The van der Waals surface area contributed by atoms with Crippen LogP contribution < -0.4 is 5.32 Å². The molecule has 2 aromatic rings. The zero-order chi connectivity index (χ0) is 21.1. The van der Waals surface area contributed by atoms with Gasteiger partial charge in [0.1, 0.15) is 0 Å². The fourth-order valence-corrected chi connectivity index (χ4v) is 4.03. The van der Waals surface area contributed by atoms with Gasteiger partial charge < -0.3 is 10.2 Å². The molecule has 0 spiro atoms. The molecule has 8 heteroatoms. The van der Waals surface area contributed by atoms with Crippen LogP contribution in [-0.4, -0.2) is 34.7 Å². The minimum Gasteiger partial charge on any atom is -0.338 e. The number of non-ortho nitro benzene ring substituents is 1. The summed E-state index contributed by atoms with van der Waals surface area (Å²) in [7, 11) is 0. The van der Waals surface area contributed by atoms with E-state index in [4.69, 9.17) is 11.6 Å². The van der Waals surface area contributed by atoms with E-state index in [0.29, 0.717) is 36.2 Å². The van der Waals surface area contributed by atoms with Gasteiger partial charge in [-0.1, -0.05) is 37.6 Å². The number of hydrogen-bond acceptors (Lipinski definition) is 4. The summed E-state index contributed by atoms with van der Waals surface area (Å²) in [6.07, 6.45) is 1.08. The first-order chi connectivity index (χ1) is 13.8. The predicted octanol–water partition coefficient (Wildman–Crippen LogP) is 4.62. The van der Waals surface area contributed by atoms with Crippen LogP contribution in [0.5, 0.6) is 0 Å². The molecule has 1 saturated heterocycles. The van der Waals surface area contributed by atoms with Crippen LogP contribution in [-0.2, 0) is 0 Å². The van der Waals surface area contributed by atoms with Gasteiger partial charge in [0.25, 0.3) is 17.5 Å². The van der Waals surface area contributed by atoms with Crippen molar-refractivity contribution >= 4 is 34.8 Å². The number of nitrogens with zero attached hydrogens (tertiary/aromatic N) is 2. The van der Waals surface area contributed by atoms with E-state index >= 15 is 0 Å². The zero-order valence-corrected chi connectivity index (χ0v) is 17.0. The molecule has 0 saturated carbocycles. The van der Waals surface area contributed by atoms with Gasteiger partial charge in [-0.3, -0.25) is 19.7 Å². The SMILES string of the molecule is CC1CC(C)CN(C(=O)c2ccccc2NC(=O)c2ccc([N+](=O)[O-])cc2Cl)C1. The molecular weight excluding hydrogens is 394 g/mol. The van der Waals surface area contributed by atoms with E-state index in [9.17, 15) is 19.7 Å². The summed E-state index contributed by atoms with van der Waals surface area (Å²) in [5.41, 5.74) is 0.679. The number of anilines is 1. The van der Waals surface area contributed by atoms with Crippen LogP contribution in [0.4, 0.5) is 11.4 Å². The summed E-state index contributed by atoms with van der Waals surface area (Å²) >= 11 is 6.05. The molecule has 1 aliphatic heterocycles. The quantitative estimate of drug-likeness (QED) is 0.582. The molecule has 0 aliphatic carbocycles. The molecule has 152 valence electrons. The Hall–Kier alpha value is -2.93. The maximum atomic E-state index is 13.1. The van der Waals surface area contributed by atoms with Gasteiger partial charge in [0, 0.05) is 25.2 Å². The summed E-state index contributed by atoms with van der Waals surface area (Å²) in [6, 6.07) is 10.5. The second kappa shape index (κ2) is 8.61. The van der Waals surface area contributed by atoms with Crippen LogP contribution >= 0.6 is 11.6 Å². The monoisotopic (exact) mass is 415 g/mol. The third kappa shape index (κ3) is 4.74. The van der Waals surface area contributed by atoms with Crippen molar-refractivity contribution in [3.63, 3.8) is 0 Å². The second-order valence-electron chi connectivity index (χ2n) is 7.58. The van der Waals surface area contributed by atoms with Crippen molar-refractivity contribution in [2.24, 2.45) is 11.8 Å². The molecule has 29 heavy (non-hydrogen) atoms. The number of benzene rings is 2. The van der Waals surface area contributed by atoms with Crippen LogP contribution in [0.1, 0.15) is 41.0 Å². The Morgan fingerprint density at radius 3 is 2.38 bits per heavy atom. The molecule has 1 heterocycles. The van der Waals surface area contributed by atoms with Crippen LogP contribution in [0, 0.1) is 22.0 Å². The number of carbonyl (C=O) groups excluding carboxylic acids is 2. The first-order valence-corrected chi connectivity index (χ1v) is 9.77. The van der Waals surface area contributed by atoms with Crippen molar-refractivity contribution in [3.8, 4) is 0 Å². The van der Waals surface area contributed by atoms with Gasteiger partial charge >= 0.3 is 0 Å². The lowest BCUT2D eigenvalue weighted by molar-refractivity contribution is -0.384. The van der Waals surface area contributed by atoms with Crippen molar-refractivity contribution in [3.05, 3.63) is 68.7 Å². The lowest BCUT2D eigenvalue weighted by atomic mass is 9.91. The molecule has 2 aromatic carbocycles. The number of hydrogen-bond donors (Lipinski definition) is 1. The first-order valence-electron chi connectivity index (χ1n) is 9.40. The Morgan fingerprint density at radius 1 is 1.10 bits per heavy atom. The Bertz CT molecular complexity index is 953. The lowest BCUT2D eigenvalue weighted by Gasteiger charge is -2.35. The van der Waals surface area contributed by atoms with Crippen molar-refractivity contribution in [2.75, 3.05) is 18.4 Å².